The number of amides is 1. The molecule has 64 valence electrons. The molecule has 0 fully saturated rings. The molecule has 0 unspecified atom stereocenters. The summed E-state index contributed by atoms with van der Waals surface area (Å²) in [6.07, 6.45) is 0. The van der Waals surface area contributed by atoms with Crippen molar-refractivity contribution in [3.8, 4) is 0 Å². The number of nitrogens with zero attached hydrogens (tertiary/aromatic N) is 2. The van der Waals surface area contributed by atoms with Crippen LogP contribution in [0.4, 0.5) is 5.13 Å². The molecule has 1 heterocycles. The fraction of sp³-hybridized carbons (Fsp3) is 0. The third kappa shape index (κ3) is 1.92. The van der Waals surface area contributed by atoms with Crippen LogP contribution in [0.5, 0.6) is 0 Å². The Morgan fingerprint density at radius 1 is 1.50 bits per heavy atom. The van der Waals surface area contributed by atoms with Crippen molar-refractivity contribution in [3.63, 3.8) is 0 Å². The molecule has 1 rings (SSSR count). The van der Waals surface area contributed by atoms with Crippen LogP contribution in [-0.4, -0.2) is 16.9 Å². The van der Waals surface area contributed by atoms with Crippen LogP contribution in [0, 0.1) is 0 Å². The zero-order chi connectivity index (χ0) is 9.14. The van der Waals surface area contributed by atoms with Crippen molar-refractivity contribution in [1.82, 2.24) is 4.98 Å². The Morgan fingerprint density at radius 3 is 2.58 bits per heavy atom. The van der Waals surface area contributed by atoms with E-state index in [0.29, 0.717) is 5.13 Å². The van der Waals surface area contributed by atoms with Gasteiger partial charge in [-0.1, -0.05) is 0 Å². The second-order valence-corrected chi connectivity index (χ2v) is 2.75. The number of carbonyl (C=O) groups is 1. The molecule has 7 heteroatoms. The van der Waals surface area contributed by atoms with E-state index in [9.17, 15) is 4.79 Å². The van der Waals surface area contributed by atoms with E-state index in [-0.39, 0.29) is 11.7 Å². The van der Waals surface area contributed by atoms with E-state index in [2.05, 4.69) is 9.98 Å². The van der Waals surface area contributed by atoms with Crippen LogP contribution in [0.2, 0.25) is 0 Å². The summed E-state index contributed by atoms with van der Waals surface area (Å²) in [7, 11) is 0. The third-order valence-electron chi connectivity index (χ3n) is 0.969. The van der Waals surface area contributed by atoms with Crippen molar-refractivity contribution >= 4 is 28.3 Å². The van der Waals surface area contributed by atoms with E-state index in [1.54, 1.807) is 0 Å². The minimum Gasteiger partial charge on any atom is -0.370 e. The number of guanidine groups is 1. The number of carbonyl (C=O) groups excluding carboxylic acids is 1. The van der Waals surface area contributed by atoms with Crippen molar-refractivity contribution < 1.29 is 4.79 Å². The lowest BCUT2D eigenvalue weighted by atomic mass is 10.5. The van der Waals surface area contributed by atoms with Crippen LogP contribution in [0.3, 0.4) is 0 Å². The first kappa shape index (κ1) is 8.47. The molecule has 0 bridgehead atoms. The summed E-state index contributed by atoms with van der Waals surface area (Å²) in [6.45, 7) is 0. The van der Waals surface area contributed by atoms with Crippen molar-refractivity contribution in [2.75, 3.05) is 0 Å². The maximum atomic E-state index is 10.6. The average Bonchev–Trinajstić information content (AvgIpc) is 2.34. The zero-order valence-corrected chi connectivity index (χ0v) is 6.84. The summed E-state index contributed by atoms with van der Waals surface area (Å²) < 4.78 is 0. The molecule has 1 aromatic heterocycles. The molecule has 1 amide bonds. The quantitative estimate of drug-likeness (QED) is 0.410. The molecule has 6 nitrogen and oxygen atoms in total. The Labute approximate surface area is 72.1 Å². The molecular formula is C5H7N5OS. The van der Waals surface area contributed by atoms with Gasteiger partial charge in [0.1, 0.15) is 5.69 Å². The van der Waals surface area contributed by atoms with E-state index < -0.39 is 5.91 Å². The number of rotatable bonds is 2. The normalized spacial score (nSPS) is 9.33. The molecule has 0 aliphatic carbocycles. The maximum Gasteiger partial charge on any atom is 0.268 e. The third-order valence-corrected chi connectivity index (χ3v) is 1.70. The van der Waals surface area contributed by atoms with Crippen molar-refractivity contribution in [3.05, 3.63) is 11.1 Å². The topological polar surface area (TPSA) is 120 Å². The lowest BCUT2D eigenvalue weighted by Crippen LogP contribution is -2.21. The highest BCUT2D eigenvalue weighted by atomic mass is 32.1. The van der Waals surface area contributed by atoms with E-state index in [4.69, 9.17) is 17.2 Å². The number of hydrogen-bond donors (Lipinski definition) is 3. The molecular weight excluding hydrogens is 178 g/mol. The van der Waals surface area contributed by atoms with Crippen LogP contribution in [0.25, 0.3) is 0 Å². The van der Waals surface area contributed by atoms with Crippen LogP contribution in [-0.2, 0) is 0 Å². The molecule has 0 saturated carbocycles. The number of aliphatic imine (C=N–C) groups is 1. The SMILES string of the molecule is NC(=O)c1csc(N=C(N)N)n1. The second-order valence-electron chi connectivity index (χ2n) is 1.92. The Kier molecular flexibility index (Phi) is 2.24. The Hall–Kier alpha value is -1.63. The molecule has 0 saturated heterocycles. The van der Waals surface area contributed by atoms with Crippen molar-refractivity contribution in [2.24, 2.45) is 22.2 Å². The van der Waals surface area contributed by atoms with Gasteiger partial charge in [-0.3, -0.25) is 4.79 Å². The lowest BCUT2D eigenvalue weighted by Gasteiger charge is -1.86. The largest absolute Gasteiger partial charge is 0.370 e. The van der Waals surface area contributed by atoms with E-state index >= 15 is 0 Å². The van der Waals surface area contributed by atoms with Gasteiger partial charge in [0, 0.05) is 5.38 Å². The van der Waals surface area contributed by atoms with Gasteiger partial charge < -0.3 is 17.2 Å². The number of nitrogens with two attached hydrogens (primary N) is 3. The van der Waals surface area contributed by atoms with E-state index in [0.717, 1.165) is 11.3 Å². The Bertz CT molecular complexity index is 326. The maximum absolute atomic E-state index is 10.6. The first-order valence-corrected chi connectivity index (χ1v) is 3.82. The first-order chi connectivity index (χ1) is 5.59. The van der Waals surface area contributed by atoms with Crippen LogP contribution >= 0.6 is 11.3 Å². The van der Waals surface area contributed by atoms with Crippen molar-refractivity contribution in [1.29, 1.82) is 0 Å². The van der Waals surface area contributed by atoms with Gasteiger partial charge in [0.25, 0.3) is 5.91 Å². The second kappa shape index (κ2) is 3.18. The molecule has 6 N–H and O–H groups in total. The standard InChI is InChI=1S/C5H7N5OS/c6-3(11)2-1-12-5(9-2)10-4(7)8/h1H,(H2,6,11)(H4,7,8,9,10). The highest BCUT2D eigenvalue weighted by molar-refractivity contribution is 7.13. The van der Waals surface area contributed by atoms with Crippen LogP contribution in [0.1, 0.15) is 10.5 Å². The van der Waals surface area contributed by atoms with Gasteiger partial charge in [-0.2, -0.15) is 4.99 Å². The molecule has 0 atom stereocenters. The molecule has 1 aromatic rings. The predicted molar refractivity (Wildman–Crippen MR) is 46.1 cm³/mol. The van der Waals surface area contributed by atoms with E-state index in [1.165, 1.54) is 5.38 Å². The fourth-order valence-electron chi connectivity index (χ4n) is 0.539. The monoisotopic (exact) mass is 185 g/mol. The minimum absolute atomic E-state index is 0.0969. The number of primary amides is 1. The highest BCUT2D eigenvalue weighted by Crippen LogP contribution is 2.17. The molecule has 12 heavy (non-hydrogen) atoms. The molecule has 0 radical (unpaired) electrons. The summed E-state index contributed by atoms with van der Waals surface area (Å²) >= 11 is 1.15. The molecule has 0 aliphatic heterocycles. The number of thiazole rings is 1. The molecule has 0 aromatic carbocycles. The first-order valence-electron chi connectivity index (χ1n) is 2.94. The molecule has 0 aliphatic rings. The summed E-state index contributed by atoms with van der Waals surface area (Å²) in [5.41, 5.74) is 15.3. The van der Waals surface area contributed by atoms with Gasteiger partial charge in [-0.15, -0.1) is 11.3 Å². The number of hydrogen-bond acceptors (Lipinski definition) is 4. The van der Waals surface area contributed by atoms with Gasteiger partial charge in [0.2, 0.25) is 5.13 Å². The fourth-order valence-corrected chi connectivity index (χ4v) is 1.23. The zero-order valence-electron chi connectivity index (χ0n) is 6.02. The van der Waals surface area contributed by atoms with Gasteiger partial charge >= 0.3 is 0 Å². The van der Waals surface area contributed by atoms with Crippen molar-refractivity contribution in [2.45, 2.75) is 0 Å². The van der Waals surface area contributed by atoms with Gasteiger partial charge in [0.05, 0.1) is 0 Å². The summed E-state index contributed by atoms with van der Waals surface area (Å²) in [4.78, 5) is 17.9. The average molecular weight is 185 g/mol. The minimum atomic E-state index is -0.594. The van der Waals surface area contributed by atoms with Crippen LogP contribution < -0.4 is 17.2 Å². The summed E-state index contributed by atoms with van der Waals surface area (Å²) in [6, 6.07) is 0. The number of aromatic nitrogens is 1. The van der Waals surface area contributed by atoms with Crippen LogP contribution in [0.15, 0.2) is 10.4 Å². The van der Waals surface area contributed by atoms with E-state index in [1.807, 2.05) is 0 Å². The highest BCUT2D eigenvalue weighted by Gasteiger charge is 2.05. The lowest BCUT2D eigenvalue weighted by molar-refractivity contribution is 0.0996. The van der Waals surface area contributed by atoms with Gasteiger partial charge in [-0.25, -0.2) is 4.98 Å². The summed E-state index contributed by atoms with van der Waals surface area (Å²) in [5.74, 6) is -0.691. The van der Waals surface area contributed by atoms with Gasteiger partial charge in [0.15, 0.2) is 5.96 Å². The Morgan fingerprint density at radius 2 is 2.17 bits per heavy atom. The molecule has 0 spiro atoms. The summed E-state index contributed by atoms with van der Waals surface area (Å²) in [5, 5.41) is 1.81. The Balaban J connectivity index is 2.92. The smallest absolute Gasteiger partial charge is 0.268 e. The predicted octanol–water partition coefficient (Wildman–Crippen LogP) is -0.853. The van der Waals surface area contributed by atoms with Gasteiger partial charge in [-0.05, 0) is 0 Å².